The lowest BCUT2D eigenvalue weighted by molar-refractivity contribution is 0.189. The molecule has 2 amide bonds. The van der Waals surface area contributed by atoms with Crippen LogP contribution in [0, 0.1) is 5.41 Å². The van der Waals surface area contributed by atoms with Gasteiger partial charge in [0, 0.05) is 43.5 Å². The highest BCUT2D eigenvalue weighted by Gasteiger charge is 2.24. The number of nitrogens with one attached hydrogen (secondary N) is 1. The van der Waals surface area contributed by atoms with Gasteiger partial charge in [-0.15, -0.1) is 5.10 Å². The number of urea groups is 1. The van der Waals surface area contributed by atoms with Crippen LogP contribution in [0.3, 0.4) is 0 Å². The molecule has 6 heteroatoms. The van der Waals surface area contributed by atoms with Crippen molar-refractivity contribution in [1.82, 2.24) is 20.4 Å². The minimum Gasteiger partial charge on any atom is -0.351 e. The van der Waals surface area contributed by atoms with E-state index in [1.807, 2.05) is 23.1 Å². The van der Waals surface area contributed by atoms with Crippen LogP contribution >= 0.6 is 0 Å². The van der Waals surface area contributed by atoms with Crippen molar-refractivity contribution in [2.45, 2.75) is 20.8 Å². The third kappa shape index (κ3) is 3.75. The third-order valence-electron chi connectivity index (χ3n) is 4.19. The van der Waals surface area contributed by atoms with Crippen LogP contribution in [0.5, 0.6) is 0 Å². The summed E-state index contributed by atoms with van der Waals surface area (Å²) >= 11 is 0. The van der Waals surface area contributed by atoms with Crippen molar-refractivity contribution in [3.8, 4) is 0 Å². The topological polar surface area (TPSA) is 61.4 Å². The number of hydrogen-bond donors (Lipinski definition) is 1. The Balaban J connectivity index is 1.63. The lowest BCUT2D eigenvalue weighted by atomic mass is 9.97. The number of amides is 2. The van der Waals surface area contributed by atoms with E-state index in [0.717, 1.165) is 29.7 Å². The standard InChI is InChI=1S/C18H25N5O/c1-18(2,3)13-19-17(24)23-10-8-22(9-11-23)16-15-7-5-4-6-14(15)12-20-21-16/h4-7,12H,8-11,13H2,1-3H3,(H,19,24). The molecule has 1 aliphatic heterocycles. The third-order valence-corrected chi connectivity index (χ3v) is 4.19. The molecular weight excluding hydrogens is 302 g/mol. The molecule has 0 aliphatic carbocycles. The molecule has 0 saturated carbocycles. The van der Waals surface area contributed by atoms with Gasteiger partial charge >= 0.3 is 6.03 Å². The lowest BCUT2D eigenvalue weighted by Gasteiger charge is -2.36. The van der Waals surface area contributed by atoms with Crippen LogP contribution in [0.1, 0.15) is 20.8 Å². The highest BCUT2D eigenvalue weighted by atomic mass is 16.2. The minimum absolute atomic E-state index is 0.0218. The van der Waals surface area contributed by atoms with Gasteiger partial charge in [-0.25, -0.2) is 4.79 Å². The molecule has 3 rings (SSSR count). The molecule has 1 aliphatic rings. The average molecular weight is 327 g/mol. The number of rotatable bonds is 2. The molecule has 0 unspecified atom stereocenters. The van der Waals surface area contributed by atoms with Gasteiger partial charge in [-0.1, -0.05) is 45.0 Å². The highest BCUT2D eigenvalue weighted by Crippen LogP contribution is 2.24. The van der Waals surface area contributed by atoms with Crippen LogP contribution in [0.15, 0.2) is 30.5 Å². The predicted molar refractivity (Wildman–Crippen MR) is 96.2 cm³/mol. The smallest absolute Gasteiger partial charge is 0.317 e. The van der Waals surface area contributed by atoms with Crippen molar-refractivity contribution in [2.24, 2.45) is 5.41 Å². The number of carbonyl (C=O) groups excluding carboxylic acids is 1. The molecule has 1 N–H and O–H groups in total. The van der Waals surface area contributed by atoms with Gasteiger partial charge in [0.2, 0.25) is 0 Å². The summed E-state index contributed by atoms with van der Waals surface area (Å²) in [6.07, 6.45) is 1.79. The fourth-order valence-electron chi connectivity index (χ4n) is 2.82. The summed E-state index contributed by atoms with van der Waals surface area (Å²) in [5.74, 6) is 0.905. The first kappa shape index (κ1) is 16.5. The second kappa shape index (κ2) is 6.63. The van der Waals surface area contributed by atoms with E-state index in [1.54, 1.807) is 6.20 Å². The molecule has 1 aromatic carbocycles. The maximum absolute atomic E-state index is 12.3. The van der Waals surface area contributed by atoms with E-state index in [0.29, 0.717) is 19.6 Å². The number of benzene rings is 1. The van der Waals surface area contributed by atoms with E-state index < -0.39 is 0 Å². The minimum atomic E-state index is 0.0218. The zero-order valence-electron chi connectivity index (χ0n) is 14.6. The first-order chi connectivity index (χ1) is 11.4. The number of aromatic nitrogens is 2. The summed E-state index contributed by atoms with van der Waals surface area (Å²) in [5, 5.41) is 13.7. The quantitative estimate of drug-likeness (QED) is 0.921. The molecule has 1 aromatic heterocycles. The number of carbonyl (C=O) groups is 1. The van der Waals surface area contributed by atoms with Gasteiger partial charge in [0.1, 0.15) is 0 Å². The highest BCUT2D eigenvalue weighted by molar-refractivity contribution is 5.91. The fourth-order valence-corrected chi connectivity index (χ4v) is 2.82. The van der Waals surface area contributed by atoms with Crippen LogP contribution < -0.4 is 10.2 Å². The molecule has 0 atom stereocenters. The molecule has 2 aromatic rings. The molecular formula is C18H25N5O. The maximum Gasteiger partial charge on any atom is 0.317 e. The molecule has 0 radical (unpaired) electrons. The molecule has 0 bridgehead atoms. The number of fused-ring (bicyclic) bond motifs is 1. The predicted octanol–water partition coefficient (Wildman–Crippen LogP) is 2.51. The molecule has 1 saturated heterocycles. The Hall–Kier alpha value is -2.37. The van der Waals surface area contributed by atoms with E-state index in [9.17, 15) is 4.79 Å². The molecule has 2 heterocycles. The number of hydrogen-bond acceptors (Lipinski definition) is 4. The van der Waals surface area contributed by atoms with E-state index in [1.165, 1.54) is 0 Å². The average Bonchev–Trinajstić information content (AvgIpc) is 2.59. The maximum atomic E-state index is 12.3. The van der Waals surface area contributed by atoms with Crippen molar-refractivity contribution in [3.63, 3.8) is 0 Å². The van der Waals surface area contributed by atoms with E-state index in [2.05, 4.69) is 47.3 Å². The van der Waals surface area contributed by atoms with Crippen molar-refractivity contribution in [3.05, 3.63) is 30.5 Å². The van der Waals surface area contributed by atoms with Gasteiger partial charge in [-0.3, -0.25) is 0 Å². The van der Waals surface area contributed by atoms with Crippen LogP contribution in [-0.2, 0) is 0 Å². The summed E-state index contributed by atoms with van der Waals surface area (Å²) in [7, 11) is 0. The van der Waals surface area contributed by atoms with Gasteiger partial charge in [0.05, 0.1) is 6.20 Å². The van der Waals surface area contributed by atoms with E-state index in [-0.39, 0.29) is 11.4 Å². The summed E-state index contributed by atoms with van der Waals surface area (Å²) in [6, 6.07) is 8.16. The molecule has 24 heavy (non-hydrogen) atoms. The SMILES string of the molecule is CC(C)(C)CNC(=O)N1CCN(c2nncc3ccccc23)CC1. The van der Waals surface area contributed by atoms with Crippen LogP contribution in [0.4, 0.5) is 10.6 Å². The Morgan fingerprint density at radius 3 is 2.58 bits per heavy atom. The van der Waals surface area contributed by atoms with Gasteiger partial charge in [0.25, 0.3) is 0 Å². The van der Waals surface area contributed by atoms with Crippen LogP contribution in [0.2, 0.25) is 0 Å². The molecule has 0 spiro atoms. The largest absolute Gasteiger partial charge is 0.351 e. The zero-order valence-corrected chi connectivity index (χ0v) is 14.6. The Morgan fingerprint density at radius 2 is 1.88 bits per heavy atom. The Labute approximate surface area is 142 Å². The van der Waals surface area contributed by atoms with Gasteiger partial charge in [0.15, 0.2) is 5.82 Å². The summed E-state index contributed by atoms with van der Waals surface area (Å²) in [6.45, 7) is 9.96. The van der Waals surface area contributed by atoms with Crippen LogP contribution in [-0.4, -0.2) is 53.9 Å². The molecule has 6 nitrogen and oxygen atoms in total. The van der Waals surface area contributed by atoms with E-state index in [4.69, 9.17) is 0 Å². The Bertz CT molecular complexity index is 711. The second-order valence-electron chi connectivity index (χ2n) is 7.45. The van der Waals surface area contributed by atoms with Crippen LogP contribution in [0.25, 0.3) is 10.8 Å². The first-order valence-electron chi connectivity index (χ1n) is 8.42. The first-order valence-corrected chi connectivity index (χ1v) is 8.42. The zero-order chi connectivity index (χ0) is 17.2. The van der Waals surface area contributed by atoms with Crippen molar-refractivity contribution in [1.29, 1.82) is 0 Å². The summed E-state index contributed by atoms with van der Waals surface area (Å²) < 4.78 is 0. The molecule has 1 fully saturated rings. The Kier molecular flexibility index (Phi) is 4.55. The van der Waals surface area contributed by atoms with Gasteiger partial charge in [-0.05, 0) is 5.41 Å². The second-order valence-corrected chi connectivity index (χ2v) is 7.45. The summed E-state index contributed by atoms with van der Waals surface area (Å²) in [5.41, 5.74) is 0.0933. The van der Waals surface area contributed by atoms with Crippen molar-refractivity contribution >= 4 is 22.6 Å². The van der Waals surface area contributed by atoms with Crippen molar-refractivity contribution in [2.75, 3.05) is 37.6 Å². The normalized spacial score (nSPS) is 15.6. The molecule has 128 valence electrons. The fraction of sp³-hybridized carbons (Fsp3) is 0.500. The Morgan fingerprint density at radius 1 is 1.17 bits per heavy atom. The number of piperazine rings is 1. The monoisotopic (exact) mass is 327 g/mol. The van der Waals surface area contributed by atoms with Gasteiger partial charge < -0.3 is 15.1 Å². The van der Waals surface area contributed by atoms with Gasteiger partial charge in [-0.2, -0.15) is 5.10 Å². The van der Waals surface area contributed by atoms with Crippen molar-refractivity contribution < 1.29 is 4.79 Å². The number of anilines is 1. The van der Waals surface area contributed by atoms with E-state index >= 15 is 0 Å². The lowest BCUT2D eigenvalue weighted by Crippen LogP contribution is -2.53. The number of nitrogens with zero attached hydrogens (tertiary/aromatic N) is 4. The summed E-state index contributed by atoms with van der Waals surface area (Å²) in [4.78, 5) is 16.4.